The van der Waals surface area contributed by atoms with E-state index in [1.807, 2.05) is 79.7 Å². The molecule has 3 aromatic rings. The number of rotatable bonds is 10. The molecule has 1 unspecified atom stereocenters. The lowest BCUT2D eigenvalue weighted by atomic mass is 9.98. The summed E-state index contributed by atoms with van der Waals surface area (Å²) in [6.45, 7) is 4.05. The fraction of sp³-hybridized carbons (Fsp3) is 0.321. The van der Waals surface area contributed by atoms with Crippen LogP contribution in [0, 0.1) is 0 Å². The van der Waals surface area contributed by atoms with E-state index in [0.29, 0.717) is 19.7 Å². The number of likely N-dealkylation sites (N-methyl/N-ethyl adjacent to an activating group) is 1. The summed E-state index contributed by atoms with van der Waals surface area (Å²) in [4.78, 5) is 15.2. The summed E-state index contributed by atoms with van der Waals surface area (Å²) in [5.41, 5.74) is 1.93. The van der Waals surface area contributed by atoms with Gasteiger partial charge >= 0.3 is 0 Å². The number of hydrogen-bond acceptors (Lipinski definition) is 6. The molecule has 7 heteroatoms. The molecule has 1 aliphatic heterocycles. The van der Waals surface area contributed by atoms with Crippen molar-refractivity contribution in [3.63, 3.8) is 0 Å². The van der Waals surface area contributed by atoms with Crippen LogP contribution in [0.2, 0.25) is 0 Å². The van der Waals surface area contributed by atoms with Crippen molar-refractivity contribution >= 4 is 5.91 Å². The monoisotopic (exact) mass is 476 g/mol. The number of amides is 1. The van der Waals surface area contributed by atoms with Crippen LogP contribution in [0.25, 0.3) is 0 Å². The first-order valence-electron chi connectivity index (χ1n) is 11.8. The van der Waals surface area contributed by atoms with Crippen molar-refractivity contribution in [2.75, 3.05) is 40.5 Å². The summed E-state index contributed by atoms with van der Waals surface area (Å²) in [5, 5.41) is 3.21. The molecule has 7 nitrogen and oxygen atoms in total. The molecule has 0 bridgehead atoms. The highest BCUT2D eigenvalue weighted by molar-refractivity contribution is 5.79. The summed E-state index contributed by atoms with van der Waals surface area (Å²) in [5.74, 6) is 2.96. The second-order valence-electron chi connectivity index (χ2n) is 8.37. The molecule has 1 amide bonds. The van der Waals surface area contributed by atoms with Gasteiger partial charge in [-0.3, -0.25) is 9.69 Å². The van der Waals surface area contributed by atoms with E-state index in [4.69, 9.17) is 18.9 Å². The molecule has 1 atom stereocenters. The molecule has 0 spiro atoms. The van der Waals surface area contributed by atoms with E-state index in [0.717, 1.165) is 34.1 Å². The minimum Gasteiger partial charge on any atom is -0.497 e. The van der Waals surface area contributed by atoms with Gasteiger partial charge in [0.2, 0.25) is 5.91 Å². The number of carbonyl (C=O) groups excluding carboxylic acids is 1. The Hall–Kier alpha value is -3.71. The van der Waals surface area contributed by atoms with Gasteiger partial charge in [0.15, 0.2) is 11.5 Å². The first-order valence-corrected chi connectivity index (χ1v) is 11.8. The third kappa shape index (κ3) is 6.25. The van der Waals surface area contributed by atoms with E-state index < -0.39 is 0 Å². The highest BCUT2D eigenvalue weighted by Crippen LogP contribution is 2.31. The van der Waals surface area contributed by atoms with Crippen LogP contribution in [0.1, 0.15) is 24.1 Å². The topological polar surface area (TPSA) is 69.3 Å². The number of para-hydroxylation sites is 2. The van der Waals surface area contributed by atoms with Crippen molar-refractivity contribution < 1.29 is 23.7 Å². The Morgan fingerprint density at radius 2 is 1.51 bits per heavy atom. The number of fused-ring (bicyclic) bond motifs is 1. The number of benzene rings is 3. The average molecular weight is 477 g/mol. The summed E-state index contributed by atoms with van der Waals surface area (Å²) in [6, 6.07) is 22.8. The maximum atomic E-state index is 13.2. The molecule has 0 aliphatic carbocycles. The van der Waals surface area contributed by atoms with Gasteiger partial charge in [0, 0.05) is 6.54 Å². The highest BCUT2D eigenvalue weighted by atomic mass is 16.6. The van der Waals surface area contributed by atoms with Crippen LogP contribution in [0.5, 0.6) is 23.0 Å². The van der Waals surface area contributed by atoms with Crippen LogP contribution in [-0.4, -0.2) is 57.4 Å². The number of nitrogens with one attached hydrogen (secondary N) is 1. The molecule has 35 heavy (non-hydrogen) atoms. The SMILES string of the molecule is CCN(CC(=O)NC(c1ccc(OC)cc1)c1ccc(OC)cc1)CC1COc2ccccc2O1. The smallest absolute Gasteiger partial charge is 0.234 e. The Balaban J connectivity index is 1.44. The van der Waals surface area contributed by atoms with E-state index in [1.165, 1.54) is 0 Å². The summed E-state index contributed by atoms with van der Waals surface area (Å²) < 4.78 is 22.5. The Bertz CT molecular complexity index is 1050. The van der Waals surface area contributed by atoms with Gasteiger partial charge in [-0.15, -0.1) is 0 Å². The van der Waals surface area contributed by atoms with Crippen molar-refractivity contribution in [2.24, 2.45) is 0 Å². The molecule has 0 aromatic heterocycles. The standard InChI is InChI=1S/C28H32N2O5/c1-4-30(17-24-19-34-25-7-5-6-8-26(25)35-24)18-27(31)29-28(20-9-13-22(32-2)14-10-20)21-11-15-23(33-3)16-12-21/h5-16,24,28H,4,17-19H2,1-3H3,(H,29,31). The first-order chi connectivity index (χ1) is 17.1. The number of carbonyl (C=O) groups is 1. The molecular weight excluding hydrogens is 444 g/mol. The Labute approximate surface area is 206 Å². The van der Waals surface area contributed by atoms with Crippen LogP contribution in [0.4, 0.5) is 0 Å². The van der Waals surface area contributed by atoms with Crippen molar-refractivity contribution in [3.05, 3.63) is 83.9 Å². The second-order valence-corrected chi connectivity index (χ2v) is 8.37. The van der Waals surface area contributed by atoms with Crippen LogP contribution in [0.15, 0.2) is 72.8 Å². The zero-order chi connectivity index (χ0) is 24.6. The van der Waals surface area contributed by atoms with Crippen molar-refractivity contribution in [2.45, 2.75) is 19.1 Å². The Kier molecular flexibility index (Phi) is 8.11. The van der Waals surface area contributed by atoms with E-state index in [9.17, 15) is 4.79 Å². The maximum Gasteiger partial charge on any atom is 0.234 e. The van der Waals surface area contributed by atoms with Crippen molar-refractivity contribution in [1.82, 2.24) is 10.2 Å². The lowest BCUT2D eigenvalue weighted by Gasteiger charge is -2.31. The molecule has 0 radical (unpaired) electrons. The van der Waals surface area contributed by atoms with Crippen LogP contribution in [0.3, 0.4) is 0 Å². The Morgan fingerprint density at radius 3 is 2.06 bits per heavy atom. The van der Waals surface area contributed by atoms with E-state index >= 15 is 0 Å². The molecule has 1 heterocycles. The van der Waals surface area contributed by atoms with Gasteiger partial charge in [-0.1, -0.05) is 43.3 Å². The number of methoxy groups -OCH3 is 2. The van der Waals surface area contributed by atoms with Crippen LogP contribution >= 0.6 is 0 Å². The maximum absolute atomic E-state index is 13.2. The van der Waals surface area contributed by atoms with Gasteiger partial charge in [0.05, 0.1) is 26.8 Å². The number of ether oxygens (including phenoxy) is 4. The molecular formula is C28H32N2O5. The van der Waals surface area contributed by atoms with E-state index in [-0.39, 0.29) is 24.6 Å². The largest absolute Gasteiger partial charge is 0.497 e. The molecule has 4 rings (SSSR count). The third-order valence-electron chi connectivity index (χ3n) is 6.05. The molecule has 3 aromatic carbocycles. The number of nitrogens with zero attached hydrogens (tertiary/aromatic N) is 1. The normalized spacial score (nSPS) is 14.6. The predicted octanol–water partition coefficient (Wildman–Crippen LogP) is 4.07. The second kappa shape index (κ2) is 11.6. The average Bonchev–Trinajstić information content (AvgIpc) is 2.91. The number of hydrogen-bond donors (Lipinski definition) is 1. The minimum absolute atomic E-state index is 0.0689. The Morgan fingerprint density at radius 1 is 0.943 bits per heavy atom. The summed E-state index contributed by atoms with van der Waals surface area (Å²) in [7, 11) is 3.27. The van der Waals surface area contributed by atoms with Crippen molar-refractivity contribution in [3.8, 4) is 23.0 Å². The highest BCUT2D eigenvalue weighted by Gasteiger charge is 2.24. The lowest BCUT2D eigenvalue weighted by Crippen LogP contribution is -2.45. The van der Waals surface area contributed by atoms with Gasteiger partial charge in [-0.25, -0.2) is 0 Å². The minimum atomic E-state index is -0.306. The summed E-state index contributed by atoms with van der Waals surface area (Å²) >= 11 is 0. The van der Waals surface area contributed by atoms with Gasteiger partial charge in [0.25, 0.3) is 0 Å². The van der Waals surface area contributed by atoms with Gasteiger partial charge in [-0.05, 0) is 54.1 Å². The van der Waals surface area contributed by atoms with Crippen LogP contribution < -0.4 is 24.3 Å². The molecule has 0 saturated carbocycles. The van der Waals surface area contributed by atoms with E-state index in [1.54, 1.807) is 14.2 Å². The quantitative estimate of drug-likeness (QED) is 0.476. The molecule has 1 N–H and O–H groups in total. The zero-order valence-corrected chi connectivity index (χ0v) is 20.4. The molecule has 184 valence electrons. The summed E-state index contributed by atoms with van der Waals surface area (Å²) in [6.07, 6.45) is -0.142. The fourth-order valence-electron chi connectivity index (χ4n) is 4.11. The van der Waals surface area contributed by atoms with Crippen molar-refractivity contribution in [1.29, 1.82) is 0 Å². The molecule has 1 aliphatic rings. The predicted molar refractivity (Wildman–Crippen MR) is 134 cm³/mol. The van der Waals surface area contributed by atoms with Gasteiger partial charge < -0.3 is 24.3 Å². The van der Waals surface area contributed by atoms with Gasteiger partial charge in [-0.2, -0.15) is 0 Å². The molecule has 0 fully saturated rings. The first kappa shape index (κ1) is 24.4. The zero-order valence-electron chi connectivity index (χ0n) is 20.4. The molecule has 0 saturated heterocycles. The van der Waals surface area contributed by atoms with Gasteiger partial charge in [0.1, 0.15) is 24.2 Å². The lowest BCUT2D eigenvalue weighted by molar-refractivity contribution is -0.123. The third-order valence-corrected chi connectivity index (χ3v) is 6.05. The van der Waals surface area contributed by atoms with Crippen LogP contribution in [-0.2, 0) is 4.79 Å². The van der Waals surface area contributed by atoms with E-state index in [2.05, 4.69) is 10.2 Å². The fourth-order valence-corrected chi connectivity index (χ4v) is 4.11.